The summed E-state index contributed by atoms with van der Waals surface area (Å²) in [4.78, 5) is 37.0. The molecule has 0 aliphatic carbocycles. The number of rotatable bonds is 38. The zero-order valence-electron chi connectivity index (χ0n) is 36.8. The molecule has 0 radical (unpaired) electrons. The quantitative estimate of drug-likeness (QED) is 0.0279. The average Bonchev–Trinajstić information content (AvgIpc) is 3.19. The van der Waals surface area contributed by atoms with Crippen LogP contribution < -0.4 is 0 Å². The summed E-state index contributed by atoms with van der Waals surface area (Å²) in [5.74, 6) is -0.499. The lowest BCUT2D eigenvalue weighted by Crippen LogP contribution is -2.37. The number of nitrogens with zero attached hydrogens (tertiary/aromatic N) is 2. The zero-order valence-corrected chi connectivity index (χ0v) is 37.6. The number of sulfonamides is 1. The van der Waals surface area contributed by atoms with Crippen LogP contribution in [0.2, 0.25) is 0 Å². The first-order valence-electron chi connectivity index (χ1n) is 23.1. The molecule has 0 saturated heterocycles. The maximum atomic E-state index is 13.8. The SMILES string of the molecule is CCCCCCCC(CCCCCCC)OC(=O)CCCC(CCCC(=O)OC(CCCCCCC)CCCCCCC)N(C)S(=O)(=O)c1ccc([N+](=O)[O-])cc1. The molecular formula is C46H82N2O8S. The maximum Gasteiger partial charge on any atom is 0.306 e. The second-order valence-corrected chi connectivity index (χ2v) is 18.2. The number of non-ortho nitro benzene ring substituents is 1. The predicted molar refractivity (Wildman–Crippen MR) is 233 cm³/mol. The van der Waals surface area contributed by atoms with E-state index in [0.29, 0.717) is 25.7 Å². The van der Waals surface area contributed by atoms with Crippen LogP contribution in [0.4, 0.5) is 5.69 Å². The highest BCUT2D eigenvalue weighted by Gasteiger charge is 2.29. The van der Waals surface area contributed by atoms with Gasteiger partial charge in [0.1, 0.15) is 12.2 Å². The van der Waals surface area contributed by atoms with Crippen LogP contribution in [0.15, 0.2) is 29.2 Å². The van der Waals surface area contributed by atoms with Crippen LogP contribution in [0.25, 0.3) is 0 Å². The van der Waals surface area contributed by atoms with Crippen molar-refractivity contribution in [2.24, 2.45) is 0 Å². The van der Waals surface area contributed by atoms with Crippen molar-refractivity contribution < 1.29 is 32.4 Å². The van der Waals surface area contributed by atoms with Gasteiger partial charge in [0.2, 0.25) is 10.0 Å². The number of carbonyl (C=O) groups excluding carboxylic acids is 2. The fourth-order valence-corrected chi connectivity index (χ4v) is 8.91. The van der Waals surface area contributed by atoms with Crippen LogP contribution in [-0.4, -0.2) is 54.9 Å². The largest absolute Gasteiger partial charge is 0.462 e. The molecule has 0 unspecified atom stereocenters. The number of nitro groups is 1. The Kier molecular flexibility index (Phi) is 30.7. The number of hydrogen-bond acceptors (Lipinski definition) is 8. The molecule has 0 N–H and O–H groups in total. The van der Waals surface area contributed by atoms with Crippen LogP contribution in [0, 0.1) is 10.1 Å². The molecule has 330 valence electrons. The van der Waals surface area contributed by atoms with E-state index in [9.17, 15) is 28.1 Å². The van der Waals surface area contributed by atoms with Gasteiger partial charge in [-0.25, -0.2) is 8.42 Å². The van der Waals surface area contributed by atoms with E-state index in [2.05, 4.69) is 27.7 Å². The molecule has 0 aromatic heterocycles. The zero-order chi connectivity index (χ0) is 42.2. The second kappa shape index (κ2) is 33.3. The first kappa shape index (κ1) is 52.5. The van der Waals surface area contributed by atoms with Gasteiger partial charge in [-0.15, -0.1) is 0 Å². The highest BCUT2D eigenvalue weighted by atomic mass is 32.2. The van der Waals surface area contributed by atoms with Crippen molar-refractivity contribution in [3.05, 3.63) is 34.4 Å². The minimum absolute atomic E-state index is 0.0409. The molecule has 10 nitrogen and oxygen atoms in total. The van der Waals surface area contributed by atoms with Gasteiger partial charge in [-0.2, -0.15) is 4.31 Å². The number of nitro benzene ring substituents is 1. The molecule has 1 aromatic carbocycles. The van der Waals surface area contributed by atoms with Gasteiger partial charge in [0.05, 0.1) is 9.82 Å². The molecule has 0 fully saturated rings. The minimum atomic E-state index is -4.01. The second-order valence-electron chi connectivity index (χ2n) is 16.2. The third kappa shape index (κ3) is 24.9. The summed E-state index contributed by atoms with van der Waals surface area (Å²) >= 11 is 0. The van der Waals surface area contributed by atoms with Gasteiger partial charge >= 0.3 is 11.9 Å². The summed E-state index contributed by atoms with van der Waals surface area (Å²) < 4.78 is 40.9. The van der Waals surface area contributed by atoms with Crippen LogP contribution in [0.1, 0.15) is 220 Å². The Morgan fingerprint density at radius 3 is 1.21 bits per heavy atom. The summed E-state index contributed by atoms with van der Waals surface area (Å²) in [6, 6.07) is 4.40. The lowest BCUT2D eigenvalue weighted by molar-refractivity contribution is -0.384. The van der Waals surface area contributed by atoms with Crippen molar-refractivity contribution >= 4 is 27.6 Å². The molecule has 0 atom stereocenters. The topological polar surface area (TPSA) is 133 Å². The van der Waals surface area contributed by atoms with Gasteiger partial charge < -0.3 is 9.47 Å². The van der Waals surface area contributed by atoms with Crippen molar-refractivity contribution in [2.75, 3.05) is 7.05 Å². The van der Waals surface area contributed by atoms with E-state index in [1.54, 1.807) is 0 Å². The van der Waals surface area contributed by atoms with Crippen molar-refractivity contribution in [3.8, 4) is 0 Å². The van der Waals surface area contributed by atoms with Gasteiger partial charge in [0.25, 0.3) is 5.69 Å². The molecule has 1 rings (SSSR count). The monoisotopic (exact) mass is 823 g/mol. The van der Waals surface area contributed by atoms with E-state index in [0.717, 1.165) is 77.0 Å². The Morgan fingerprint density at radius 2 is 0.895 bits per heavy atom. The normalized spacial score (nSPS) is 11.9. The molecule has 0 aliphatic rings. The van der Waals surface area contributed by atoms with Gasteiger partial charge in [-0.05, 0) is 89.2 Å². The Bertz CT molecular complexity index is 1210. The number of carbonyl (C=O) groups is 2. The van der Waals surface area contributed by atoms with Crippen molar-refractivity contribution in [1.29, 1.82) is 0 Å². The number of ether oxygens (including phenoxy) is 2. The molecule has 0 aliphatic heterocycles. The summed E-state index contributed by atoms with van der Waals surface area (Å²) in [5, 5.41) is 11.2. The number of unbranched alkanes of at least 4 members (excludes halogenated alkanes) is 16. The Balaban J connectivity index is 2.97. The van der Waals surface area contributed by atoms with Gasteiger partial charge in [0.15, 0.2) is 0 Å². The third-order valence-electron chi connectivity index (χ3n) is 11.2. The summed E-state index contributed by atoms with van der Waals surface area (Å²) in [6.07, 6.45) is 28.5. The molecule has 1 aromatic rings. The lowest BCUT2D eigenvalue weighted by atomic mass is 10.0. The van der Waals surface area contributed by atoms with Crippen LogP contribution in [-0.2, 0) is 29.1 Å². The van der Waals surface area contributed by atoms with E-state index in [1.807, 2.05) is 0 Å². The highest BCUT2D eigenvalue weighted by Crippen LogP contribution is 2.26. The van der Waals surface area contributed by atoms with Crippen molar-refractivity contribution in [1.82, 2.24) is 4.31 Å². The van der Waals surface area contributed by atoms with E-state index >= 15 is 0 Å². The Labute approximate surface area is 348 Å². The maximum absolute atomic E-state index is 13.8. The smallest absolute Gasteiger partial charge is 0.306 e. The predicted octanol–water partition coefficient (Wildman–Crippen LogP) is 13.2. The van der Waals surface area contributed by atoms with E-state index in [4.69, 9.17) is 9.47 Å². The summed E-state index contributed by atoms with van der Waals surface area (Å²) in [7, 11) is -2.50. The first-order valence-corrected chi connectivity index (χ1v) is 24.5. The van der Waals surface area contributed by atoms with Crippen LogP contribution >= 0.6 is 0 Å². The van der Waals surface area contributed by atoms with E-state index < -0.39 is 21.0 Å². The summed E-state index contributed by atoms with van der Waals surface area (Å²) in [6.45, 7) is 8.80. The van der Waals surface area contributed by atoms with Crippen molar-refractivity contribution in [2.45, 2.75) is 243 Å². The number of hydrogen-bond donors (Lipinski definition) is 0. The molecule has 0 spiro atoms. The highest BCUT2D eigenvalue weighted by molar-refractivity contribution is 7.89. The summed E-state index contributed by atoms with van der Waals surface area (Å²) in [5.41, 5.74) is -0.189. The van der Waals surface area contributed by atoms with Gasteiger partial charge in [0, 0.05) is 38.1 Å². The van der Waals surface area contributed by atoms with Gasteiger partial charge in [-0.3, -0.25) is 19.7 Å². The average molecular weight is 823 g/mol. The van der Waals surface area contributed by atoms with Crippen LogP contribution in [0.3, 0.4) is 0 Å². The van der Waals surface area contributed by atoms with Crippen molar-refractivity contribution in [3.63, 3.8) is 0 Å². The molecule has 11 heteroatoms. The van der Waals surface area contributed by atoms with E-state index in [1.165, 1.54) is 113 Å². The molecular weight excluding hydrogens is 741 g/mol. The van der Waals surface area contributed by atoms with Crippen LogP contribution in [0.5, 0.6) is 0 Å². The first-order chi connectivity index (χ1) is 27.5. The fourth-order valence-electron chi connectivity index (χ4n) is 7.49. The number of benzene rings is 1. The minimum Gasteiger partial charge on any atom is -0.462 e. The van der Waals surface area contributed by atoms with E-state index in [-0.39, 0.29) is 47.6 Å². The Hall–Kier alpha value is -2.53. The molecule has 0 heterocycles. The van der Waals surface area contributed by atoms with Gasteiger partial charge in [-0.1, -0.05) is 130 Å². The molecule has 0 bridgehead atoms. The fraction of sp³-hybridized carbons (Fsp3) is 0.826. The Morgan fingerprint density at radius 1 is 0.561 bits per heavy atom. The lowest BCUT2D eigenvalue weighted by Gasteiger charge is -2.28. The molecule has 0 amide bonds. The molecule has 0 saturated carbocycles. The standard InChI is InChI=1S/C46H82N2O8S/c1-6-10-14-18-22-30-42(31-23-19-15-11-7-2)55-45(49)34-26-28-40(47(5)57(53,54)44-38-36-41(37-39-44)48(51)52)29-27-35-46(50)56-43(32-24-20-16-12-8-3)33-25-21-17-13-9-4/h36-40,42-43H,6-35H2,1-5H3. The number of esters is 2. The molecule has 57 heavy (non-hydrogen) atoms. The third-order valence-corrected chi connectivity index (χ3v) is 13.1.